The summed E-state index contributed by atoms with van der Waals surface area (Å²) >= 11 is 0. The SMILES string of the molecule is Cc1ccc(NC(=O)C(=O)N/N=C\[C@H]2CC=CCC2)cc1. The van der Waals surface area contributed by atoms with Crippen molar-refractivity contribution in [1.82, 2.24) is 5.43 Å². The molecule has 110 valence electrons. The monoisotopic (exact) mass is 285 g/mol. The summed E-state index contributed by atoms with van der Waals surface area (Å²) in [6.45, 7) is 1.95. The molecular weight excluding hydrogens is 266 g/mol. The minimum absolute atomic E-state index is 0.329. The Balaban J connectivity index is 1.79. The van der Waals surface area contributed by atoms with Gasteiger partial charge in [-0.25, -0.2) is 5.43 Å². The number of aryl methyl sites for hydroxylation is 1. The van der Waals surface area contributed by atoms with Gasteiger partial charge in [0, 0.05) is 11.9 Å². The van der Waals surface area contributed by atoms with E-state index in [1.807, 2.05) is 19.1 Å². The van der Waals surface area contributed by atoms with Crippen LogP contribution in [0, 0.1) is 12.8 Å². The molecule has 0 heterocycles. The van der Waals surface area contributed by atoms with Crippen LogP contribution in [0.2, 0.25) is 0 Å². The molecule has 0 fully saturated rings. The number of carbonyl (C=O) groups excluding carboxylic acids is 2. The second-order valence-electron chi connectivity index (χ2n) is 5.08. The molecular formula is C16H19N3O2. The van der Waals surface area contributed by atoms with Crippen molar-refractivity contribution in [3.05, 3.63) is 42.0 Å². The Bertz CT molecular complexity index is 561. The highest BCUT2D eigenvalue weighted by molar-refractivity contribution is 6.39. The van der Waals surface area contributed by atoms with E-state index in [0.717, 1.165) is 24.8 Å². The number of hydrogen-bond acceptors (Lipinski definition) is 3. The Kier molecular flexibility index (Phi) is 5.26. The molecule has 5 nitrogen and oxygen atoms in total. The van der Waals surface area contributed by atoms with E-state index in [2.05, 4.69) is 28.0 Å². The third kappa shape index (κ3) is 4.87. The van der Waals surface area contributed by atoms with Crippen LogP contribution in [0.5, 0.6) is 0 Å². The second kappa shape index (κ2) is 7.38. The highest BCUT2D eigenvalue weighted by Gasteiger charge is 2.13. The smallest absolute Gasteiger partial charge is 0.318 e. The Labute approximate surface area is 124 Å². The van der Waals surface area contributed by atoms with Crippen LogP contribution in [0.15, 0.2) is 41.5 Å². The zero-order valence-corrected chi connectivity index (χ0v) is 12.0. The number of amides is 2. The van der Waals surface area contributed by atoms with Crippen molar-refractivity contribution < 1.29 is 9.59 Å². The summed E-state index contributed by atoms with van der Waals surface area (Å²) in [6.07, 6.45) is 8.91. The van der Waals surface area contributed by atoms with E-state index in [-0.39, 0.29) is 0 Å². The standard InChI is InChI=1S/C16H19N3O2/c1-12-7-9-14(10-8-12)18-15(20)16(21)19-17-11-13-5-3-2-4-6-13/h2-3,7-11,13H,4-6H2,1H3,(H,18,20)(H,19,21)/b17-11-/t13-/m0/s1. The van der Waals surface area contributed by atoms with E-state index in [9.17, 15) is 9.59 Å². The number of anilines is 1. The number of benzene rings is 1. The van der Waals surface area contributed by atoms with Crippen molar-refractivity contribution in [3.8, 4) is 0 Å². The maximum absolute atomic E-state index is 11.7. The molecule has 5 heteroatoms. The van der Waals surface area contributed by atoms with Crippen molar-refractivity contribution in [2.45, 2.75) is 26.2 Å². The van der Waals surface area contributed by atoms with Gasteiger partial charge in [0.05, 0.1) is 0 Å². The molecule has 0 radical (unpaired) electrons. The van der Waals surface area contributed by atoms with Crippen LogP contribution in [0.25, 0.3) is 0 Å². The largest absolute Gasteiger partial charge is 0.329 e. The molecule has 1 atom stereocenters. The maximum Gasteiger partial charge on any atom is 0.329 e. The van der Waals surface area contributed by atoms with Gasteiger partial charge in [0.1, 0.15) is 0 Å². The molecule has 0 spiro atoms. The normalized spacial score (nSPS) is 17.7. The quantitative estimate of drug-likeness (QED) is 0.387. The number of carbonyl (C=O) groups is 2. The van der Waals surface area contributed by atoms with Gasteiger partial charge >= 0.3 is 11.8 Å². The molecule has 0 aromatic heterocycles. The minimum atomic E-state index is -0.766. The van der Waals surface area contributed by atoms with Crippen LogP contribution < -0.4 is 10.7 Å². The average Bonchev–Trinajstić information content (AvgIpc) is 2.50. The van der Waals surface area contributed by atoms with Crippen LogP contribution in [0.3, 0.4) is 0 Å². The topological polar surface area (TPSA) is 70.6 Å². The molecule has 0 saturated carbocycles. The Morgan fingerprint density at radius 3 is 2.62 bits per heavy atom. The lowest BCUT2D eigenvalue weighted by molar-refractivity contribution is -0.136. The molecule has 2 rings (SSSR count). The summed E-state index contributed by atoms with van der Waals surface area (Å²) < 4.78 is 0. The molecule has 1 aromatic carbocycles. The number of hydrazone groups is 1. The van der Waals surface area contributed by atoms with Crippen LogP contribution >= 0.6 is 0 Å². The molecule has 1 aliphatic carbocycles. The van der Waals surface area contributed by atoms with Crippen LogP contribution in [0.4, 0.5) is 5.69 Å². The number of allylic oxidation sites excluding steroid dienone is 2. The summed E-state index contributed by atoms with van der Waals surface area (Å²) in [5, 5.41) is 6.37. The molecule has 0 unspecified atom stereocenters. The second-order valence-corrected chi connectivity index (χ2v) is 5.08. The van der Waals surface area contributed by atoms with Gasteiger partial charge in [-0.3, -0.25) is 9.59 Å². The third-order valence-electron chi connectivity index (χ3n) is 3.28. The lowest BCUT2D eigenvalue weighted by Crippen LogP contribution is -2.32. The Morgan fingerprint density at radius 1 is 1.19 bits per heavy atom. The van der Waals surface area contributed by atoms with Gasteiger partial charge in [0.25, 0.3) is 0 Å². The Hall–Kier alpha value is -2.43. The number of nitrogens with one attached hydrogen (secondary N) is 2. The molecule has 21 heavy (non-hydrogen) atoms. The summed E-state index contributed by atoms with van der Waals surface area (Å²) in [4.78, 5) is 23.3. The van der Waals surface area contributed by atoms with Gasteiger partial charge < -0.3 is 5.32 Å². The van der Waals surface area contributed by atoms with Crippen molar-refractivity contribution in [3.63, 3.8) is 0 Å². The van der Waals surface area contributed by atoms with Gasteiger partial charge in [-0.2, -0.15) is 5.10 Å². The fraction of sp³-hybridized carbons (Fsp3) is 0.312. The molecule has 2 N–H and O–H groups in total. The van der Waals surface area contributed by atoms with Crippen LogP contribution in [-0.2, 0) is 9.59 Å². The molecule has 0 aliphatic heterocycles. The van der Waals surface area contributed by atoms with Gasteiger partial charge in [-0.05, 0) is 44.2 Å². The number of nitrogens with zero attached hydrogens (tertiary/aromatic N) is 1. The molecule has 0 saturated heterocycles. The van der Waals surface area contributed by atoms with Gasteiger partial charge in [0.15, 0.2) is 0 Å². The predicted molar refractivity (Wildman–Crippen MR) is 82.9 cm³/mol. The van der Waals surface area contributed by atoms with E-state index in [1.54, 1.807) is 18.3 Å². The highest BCUT2D eigenvalue weighted by atomic mass is 16.2. The number of hydrogen-bond donors (Lipinski definition) is 2. The van der Waals surface area contributed by atoms with E-state index in [4.69, 9.17) is 0 Å². The minimum Gasteiger partial charge on any atom is -0.318 e. The van der Waals surface area contributed by atoms with Gasteiger partial charge in [0.2, 0.25) is 0 Å². The zero-order valence-electron chi connectivity index (χ0n) is 12.0. The van der Waals surface area contributed by atoms with Crippen LogP contribution in [-0.4, -0.2) is 18.0 Å². The fourth-order valence-corrected chi connectivity index (χ4v) is 2.03. The van der Waals surface area contributed by atoms with Crippen LogP contribution in [0.1, 0.15) is 24.8 Å². The first-order valence-corrected chi connectivity index (χ1v) is 7.01. The third-order valence-corrected chi connectivity index (χ3v) is 3.28. The van der Waals surface area contributed by atoms with Crippen molar-refractivity contribution >= 4 is 23.7 Å². The van der Waals surface area contributed by atoms with E-state index in [1.165, 1.54) is 0 Å². The molecule has 2 amide bonds. The predicted octanol–water partition coefficient (Wildman–Crippen LogP) is 2.39. The van der Waals surface area contributed by atoms with Crippen molar-refractivity contribution in [2.75, 3.05) is 5.32 Å². The van der Waals surface area contributed by atoms with Crippen molar-refractivity contribution in [2.24, 2.45) is 11.0 Å². The Morgan fingerprint density at radius 2 is 1.95 bits per heavy atom. The van der Waals surface area contributed by atoms with E-state index < -0.39 is 11.8 Å². The first-order valence-electron chi connectivity index (χ1n) is 7.01. The first-order chi connectivity index (χ1) is 10.1. The summed E-state index contributed by atoms with van der Waals surface area (Å²) in [7, 11) is 0. The lowest BCUT2D eigenvalue weighted by atomic mass is 9.96. The summed E-state index contributed by atoms with van der Waals surface area (Å²) in [6, 6.07) is 7.22. The fourth-order valence-electron chi connectivity index (χ4n) is 2.03. The van der Waals surface area contributed by atoms with E-state index in [0.29, 0.717) is 11.6 Å². The molecule has 0 bridgehead atoms. The van der Waals surface area contributed by atoms with E-state index >= 15 is 0 Å². The van der Waals surface area contributed by atoms with Gasteiger partial charge in [-0.1, -0.05) is 29.8 Å². The first kappa shape index (κ1) is 15.0. The highest BCUT2D eigenvalue weighted by Crippen LogP contribution is 2.15. The number of rotatable bonds is 3. The van der Waals surface area contributed by atoms with Crippen molar-refractivity contribution in [1.29, 1.82) is 0 Å². The summed E-state index contributed by atoms with van der Waals surface area (Å²) in [5.74, 6) is -1.16. The van der Waals surface area contributed by atoms with Gasteiger partial charge in [-0.15, -0.1) is 0 Å². The lowest BCUT2D eigenvalue weighted by Gasteiger charge is -2.11. The maximum atomic E-state index is 11.7. The molecule has 1 aromatic rings. The zero-order chi connectivity index (χ0) is 15.1. The average molecular weight is 285 g/mol. The molecule has 1 aliphatic rings. The summed E-state index contributed by atoms with van der Waals surface area (Å²) in [5.41, 5.74) is 3.93.